The van der Waals surface area contributed by atoms with Crippen LogP contribution in [-0.4, -0.2) is 47.0 Å². The summed E-state index contributed by atoms with van der Waals surface area (Å²) < 4.78 is 46.1. The van der Waals surface area contributed by atoms with Crippen LogP contribution in [0.2, 0.25) is 0 Å². The molecule has 0 aliphatic carbocycles. The van der Waals surface area contributed by atoms with Crippen molar-refractivity contribution >= 4 is 33.2 Å². The van der Waals surface area contributed by atoms with E-state index in [1.165, 1.54) is 12.1 Å². The van der Waals surface area contributed by atoms with Crippen LogP contribution in [0.5, 0.6) is 0 Å². The highest BCUT2D eigenvalue weighted by Crippen LogP contribution is 2.30. The van der Waals surface area contributed by atoms with Gasteiger partial charge in [-0.25, -0.2) is 4.79 Å². The number of morpholine rings is 1. The molecule has 1 aromatic carbocycles. The van der Waals surface area contributed by atoms with E-state index in [2.05, 4.69) is 43.1 Å². The number of amides is 2. The van der Waals surface area contributed by atoms with Crippen molar-refractivity contribution in [1.82, 2.24) is 20.0 Å². The lowest BCUT2D eigenvalue weighted by Gasteiger charge is -2.30. The Balaban J connectivity index is 1.75. The van der Waals surface area contributed by atoms with Gasteiger partial charge in [-0.05, 0) is 64.8 Å². The second kappa shape index (κ2) is 10.9. The zero-order valence-corrected chi connectivity index (χ0v) is 20.3. The second-order valence-corrected chi connectivity index (χ2v) is 8.49. The SMILES string of the molecule is C=C(/C=C(\C=C(/C)NC(=O)Nc1ccc(C(F)(F)F)cc1)N1CCOCC1)c1c(Br)cnn1C. The Labute approximate surface area is 204 Å². The molecule has 0 spiro atoms. The maximum atomic E-state index is 12.7. The molecule has 2 N–H and O–H groups in total. The fourth-order valence-electron chi connectivity index (χ4n) is 3.41. The maximum absolute atomic E-state index is 12.7. The van der Waals surface area contributed by atoms with Crippen LogP contribution in [0.1, 0.15) is 18.2 Å². The first-order chi connectivity index (χ1) is 16.0. The van der Waals surface area contributed by atoms with Crippen LogP contribution in [0.25, 0.3) is 5.57 Å². The predicted octanol–water partition coefficient (Wildman–Crippen LogP) is 5.16. The van der Waals surface area contributed by atoms with Gasteiger partial charge >= 0.3 is 12.2 Å². The normalized spacial score (nSPS) is 15.3. The van der Waals surface area contributed by atoms with E-state index >= 15 is 0 Å². The molecule has 1 aliphatic rings. The number of allylic oxidation sites excluding steroid dienone is 4. The summed E-state index contributed by atoms with van der Waals surface area (Å²) in [5.74, 6) is 0. The fraction of sp³-hybridized carbons (Fsp3) is 0.304. The van der Waals surface area contributed by atoms with Gasteiger partial charge in [0.05, 0.1) is 35.1 Å². The standard InChI is InChI=1S/C23H25BrF3N5O2/c1-15(21-20(24)14-28-31(21)3)12-19(32-8-10-34-11-9-32)13-16(2)29-22(33)30-18-6-4-17(5-7-18)23(25,26)27/h4-7,12-14H,1,8-11H2,2-3H3,(H2,29,30,33)/b16-13+,19-12+. The lowest BCUT2D eigenvalue weighted by molar-refractivity contribution is -0.137. The number of ether oxygens (including phenoxy) is 1. The summed E-state index contributed by atoms with van der Waals surface area (Å²) in [7, 11) is 1.82. The van der Waals surface area contributed by atoms with Crippen LogP contribution in [0, 0.1) is 0 Å². The third-order valence-electron chi connectivity index (χ3n) is 5.04. The van der Waals surface area contributed by atoms with Gasteiger partial charge in [-0.3, -0.25) is 4.68 Å². The number of aryl methyl sites for hydroxylation is 1. The minimum atomic E-state index is -4.43. The molecule has 2 heterocycles. The number of aromatic nitrogens is 2. The van der Waals surface area contributed by atoms with E-state index in [1.54, 1.807) is 17.8 Å². The summed E-state index contributed by atoms with van der Waals surface area (Å²) in [5.41, 5.74) is 2.39. The Morgan fingerprint density at radius 1 is 1.21 bits per heavy atom. The molecule has 2 amide bonds. The zero-order chi connectivity index (χ0) is 24.9. The minimum Gasteiger partial charge on any atom is -0.378 e. The average Bonchev–Trinajstić information content (AvgIpc) is 3.11. The monoisotopic (exact) mass is 539 g/mol. The number of hydrogen-bond donors (Lipinski definition) is 2. The van der Waals surface area contributed by atoms with Gasteiger partial charge in [0, 0.05) is 37.2 Å². The van der Waals surface area contributed by atoms with Gasteiger partial charge in [0.25, 0.3) is 0 Å². The number of rotatable bonds is 6. The number of nitrogens with one attached hydrogen (secondary N) is 2. The Hall–Kier alpha value is -3.05. The van der Waals surface area contributed by atoms with Gasteiger partial charge in [-0.2, -0.15) is 18.3 Å². The number of carbonyl (C=O) groups excluding carboxylic acids is 1. The summed E-state index contributed by atoms with van der Waals surface area (Å²) in [6, 6.07) is 3.68. The molecule has 1 fully saturated rings. The minimum absolute atomic E-state index is 0.247. The van der Waals surface area contributed by atoms with Crippen molar-refractivity contribution in [2.24, 2.45) is 7.05 Å². The van der Waals surface area contributed by atoms with E-state index in [-0.39, 0.29) is 5.69 Å². The van der Waals surface area contributed by atoms with Crippen LogP contribution < -0.4 is 10.6 Å². The smallest absolute Gasteiger partial charge is 0.378 e. The van der Waals surface area contributed by atoms with Gasteiger partial charge in [0.15, 0.2) is 0 Å². The first-order valence-electron chi connectivity index (χ1n) is 10.4. The van der Waals surface area contributed by atoms with Crippen LogP contribution in [0.4, 0.5) is 23.7 Å². The third-order valence-corrected chi connectivity index (χ3v) is 5.62. The Morgan fingerprint density at radius 3 is 2.41 bits per heavy atom. The molecule has 182 valence electrons. The first kappa shape index (κ1) is 25.6. The number of urea groups is 1. The molecule has 3 rings (SSSR count). The van der Waals surface area contributed by atoms with Gasteiger partial charge in [0.2, 0.25) is 0 Å². The molecule has 0 atom stereocenters. The van der Waals surface area contributed by atoms with Crippen LogP contribution in [0.15, 0.2) is 65.1 Å². The maximum Gasteiger partial charge on any atom is 0.416 e. The van der Waals surface area contributed by atoms with Crippen LogP contribution >= 0.6 is 15.9 Å². The van der Waals surface area contributed by atoms with E-state index in [4.69, 9.17) is 4.74 Å². The van der Waals surface area contributed by atoms with Crippen molar-refractivity contribution in [3.05, 3.63) is 76.3 Å². The molecular weight excluding hydrogens is 515 g/mol. The van der Waals surface area contributed by atoms with E-state index < -0.39 is 17.8 Å². The van der Waals surface area contributed by atoms with E-state index in [0.29, 0.717) is 32.0 Å². The Kier molecular flexibility index (Phi) is 8.21. The molecule has 7 nitrogen and oxygen atoms in total. The molecule has 0 saturated carbocycles. The number of carbonyl (C=O) groups is 1. The summed E-state index contributed by atoms with van der Waals surface area (Å²) in [6.45, 7) is 8.40. The molecule has 1 saturated heterocycles. The lowest BCUT2D eigenvalue weighted by Crippen LogP contribution is -2.35. The molecule has 0 unspecified atom stereocenters. The molecule has 0 radical (unpaired) electrons. The molecule has 2 aromatic rings. The number of halogens is 4. The van der Waals surface area contributed by atoms with Gasteiger partial charge in [-0.15, -0.1) is 0 Å². The second-order valence-electron chi connectivity index (χ2n) is 7.64. The largest absolute Gasteiger partial charge is 0.416 e. The number of alkyl halides is 3. The van der Waals surface area contributed by atoms with Gasteiger partial charge in [0.1, 0.15) is 0 Å². The molecular formula is C23H25BrF3N5O2. The Bertz CT molecular complexity index is 1080. The molecule has 1 aliphatic heterocycles. The highest BCUT2D eigenvalue weighted by molar-refractivity contribution is 9.10. The molecule has 11 heteroatoms. The quantitative estimate of drug-likeness (QED) is 0.497. The number of anilines is 1. The first-order valence-corrected chi connectivity index (χ1v) is 11.2. The topological polar surface area (TPSA) is 71.4 Å². The molecule has 34 heavy (non-hydrogen) atoms. The van der Waals surface area contributed by atoms with E-state index in [9.17, 15) is 18.0 Å². The summed E-state index contributed by atoms with van der Waals surface area (Å²) in [4.78, 5) is 14.5. The third kappa shape index (κ3) is 6.73. The number of benzene rings is 1. The molecule has 1 aromatic heterocycles. The van der Waals surface area contributed by atoms with Gasteiger partial charge < -0.3 is 20.3 Å². The highest BCUT2D eigenvalue weighted by atomic mass is 79.9. The zero-order valence-electron chi connectivity index (χ0n) is 18.7. The van der Waals surface area contributed by atoms with Crippen molar-refractivity contribution in [3.63, 3.8) is 0 Å². The molecule has 0 bridgehead atoms. The van der Waals surface area contributed by atoms with Crippen molar-refractivity contribution in [3.8, 4) is 0 Å². The van der Waals surface area contributed by atoms with Crippen molar-refractivity contribution in [1.29, 1.82) is 0 Å². The van der Waals surface area contributed by atoms with Crippen LogP contribution in [-0.2, 0) is 18.0 Å². The van der Waals surface area contributed by atoms with Crippen molar-refractivity contribution < 1.29 is 22.7 Å². The Morgan fingerprint density at radius 2 is 1.85 bits per heavy atom. The van der Waals surface area contributed by atoms with Crippen LogP contribution in [0.3, 0.4) is 0 Å². The highest BCUT2D eigenvalue weighted by Gasteiger charge is 2.30. The number of hydrogen-bond acceptors (Lipinski definition) is 4. The van der Waals surface area contributed by atoms with Crippen molar-refractivity contribution in [2.75, 3.05) is 31.6 Å². The lowest BCUT2D eigenvalue weighted by atomic mass is 10.1. The summed E-state index contributed by atoms with van der Waals surface area (Å²) in [5, 5.41) is 9.46. The summed E-state index contributed by atoms with van der Waals surface area (Å²) in [6.07, 6.45) is 0.980. The average molecular weight is 540 g/mol. The van der Waals surface area contributed by atoms with E-state index in [0.717, 1.165) is 33.6 Å². The summed E-state index contributed by atoms with van der Waals surface area (Å²) >= 11 is 3.48. The number of nitrogens with zero attached hydrogens (tertiary/aromatic N) is 3. The van der Waals surface area contributed by atoms with Crippen molar-refractivity contribution in [2.45, 2.75) is 13.1 Å². The van der Waals surface area contributed by atoms with Gasteiger partial charge in [-0.1, -0.05) is 6.58 Å². The predicted molar refractivity (Wildman–Crippen MR) is 128 cm³/mol. The van der Waals surface area contributed by atoms with E-state index in [1.807, 2.05) is 19.2 Å². The fourth-order valence-corrected chi connectivity index (χ4v) is 4.01.